The molecular formula is C19H19BrN2O3. The maximum Gasteiger partial charge on any atom is 0.262 e. The van der Waals surface area contributed by atoms with Crippen molar-refractivity contribution >= 4 is 27.5 Å². The van der Waals surface area contributed by atoms with Crippen molar-refractivity contribution in [1.29, 1.82) is 5.26 Å². The third kappa shape index (κ3) is 4.97. The largest absolute Gasteiger partial charge is 0.490 e. The molecule has 0 aromatic heterocycles. The summed E-state index contributed by atoms with van der Waals surface area (Å²) in [6, 6.07) is 11.1. The second-order valence-electron chi connectivity index (χ2n) is 5.49. The summed E-state index contributed by atoms with van der Waals surface area (Å²) in [4.78, 5) is 12.2. The van der Waals surface area contributed by atoms with E-state index in [1.165, 1.54) is 0 Å². The Hall–Kier alpha value is -2.52. The van der Waals surface area contributed by atoms with Crippen molar-refractivity contribution in [2.24, 2.45) is 0 Å². The van der Waals surface area contributed by atoms with E-state index >= 15 is 0 Å². The van der Waals surface area contributed by atoms with Gasteiger partial charge in [-0.3, -0.25) is 4.79 Å². The number of ether oxygens (including phenoxy) is 2. The molecule has 0 saturated heterocycles. The van der Waals surface area contributed by atoms with Gasteiger partial charge in [0.15, 0.2) is 18.1 Å². The maximum absolute atomic E-state index is 12.2. The van der Waals surface area contributed by atoms with Gasteiger partial charge in [0.25, 0.3) is 5.91 Å². The molecule has 0 fully saturated rings. The topological polar surface area (TPSA) is 71.3 Å². The molecule has 0 spiro atoms. The van der Waals surface area contributed by atoms with Gasteiger partial charge in [-0.1, -0.05) is 17.7 Å². The fraction of sp³-hybridized carbons (Fsp3) is 0.263. The van der Waals surface area contributed by atoms with E-state index in [1.807, 2.05) is 39.0 Å². The zero-order chi connectivity index (χ0) is 18.4. The Balaban J connectivity index is 2.10. The third-order valence-corrected chi connectivity index (χ3v) is 4.03. The van der Waals surface area contributed by atoms with E-state index in [-0.39, 0.29) is 12.5 Å². The van der Waals surface area contributed by atoms with Gasteiger partial charge < -0.3 is 14.8 Å². The Kier molecular flexibility index (Phi) is 6.43. The smallest absolute Gasteiger partial charge is 0.262 e. The number of carbonyl (C=O) groups excluding carboxylic acids is 1. The number of nitriles is 1. The molecule has 25 heavy (non-hydrogen) atoms. The zero-order valence-electron chi connectivity index (χ0n) is 14.4. The van der Waals surface area contributed by atoms with Crippen LogP contribution < -0.4 is 14.8 Å². The number of rotatable bonds is 6. The van der Waals surface area contributed by atoms with Crippen LogP contribution in [-0.4, -0.2) is 19.1 Å². The van der Waals surface area contributed by atoms with Gasteiger partial charge in [0, 0.05) is 11.8 Å². The number of benzene rings is 2. The first kappa shape index (κ1) is 18.8. The molecule has 0 unspecified atom stereocenters. The molecule has 0 radical (unpaired) electrons. The molecule has 0 bridgehead atoms. The minimum absolute atomic E-state index is 0.169. The quantitative estimate of drug-likeness (QED) is 0.778. The van der Waals surface area contributed by atoms with Crippen LogP contribution in [-0.2, 0) is 4.79 Å². The van der Waals surface area contributed by atoms with Gasteiger partial charge in [0.2, 0.25) is 0 Å². The van der Waals surface area contributed by atoms with Crippen LogP contribution in [0.15, 0.2) is 34.8 Å². The molecule has 130 valence electrons. The summed E-state index contributed by atoms with van der Waals surface area (Å²) in [7, 11) is 0. The average molecular weight is 403 g/mol. The van der Waals surface area contributed by atoms with Crippen molar-refractivity contribution in [1.82, 2.24) is 0 Å². The fourth-order valence-corrected chi connectivity index (χ4v) is 2.87. The van der Waals surface area contributed by atoms with Crippen molar-refractivity contribution in [3.05, 3.63) is 51.5 Å². The SMILES string of the molecule is CCOc1cc(C#N)cc(Br)c1OCC(=O)Nc1ccc(C)cc1C. The monoisotopic (exact) mass is 402 g/mol. The van der Waals surface area contributed by atoms with Crippen LogP contribution in [0.25, 0.3) is 0 Å². The van der Waals surface area contributed by atoms with E-state index in [4.69, 9.17) is 14.7 Å². The molecule has 1 N–H and O–H groups in total. The lowest BCUT2D eigenvalue weighted by Gasteiger charge is -2.14. The van der Waals surface area contributed by atoms with E-state index in [0.717, 1.165) is 16.8 Å². The Morgan fingerprint density at radius 2 is 2.00 bits per heavy atom. The Bertz CT molecular complexity index is 828. The molecule has 0 heterocycles. The maximum atomic E-state index is 12.2. The van der Waals surface area contributed by atoms with Gasteiger partial charge in [-0.25, -0.2) is 0 Å². The van der Waals surface area contributed by atoms with Gasteiger partial charge in [-0.2, -0.15) is 5.26 Å². The van der Waals surface area contributed by atoms with Crippen molar-refractivity contribution in [3.8, 4) is 17.6 Å². The molecule has 5 nitrogen and oxygen atoms in total. The minimum Gasteiger partial charge on any atom is -0.490 e. The molecule has 2 aromatic rings. The van der Waals surface area contributed by atoms with Crippen LogP contribution in [0.4, 0.5) is 5.69 Å². The van der Waals surface area contributed by atoms with Gasteiger partial charge in [-0.05, 0) is 54.4 Å². The molecule has 0 atom stereocenters. The van der Waals surface area contributed by atoms with Crippen LogP contribution in [0.1, 0.15) is 23.6 Å². The highest BCUT2D eigenvalue weighted by molar-refractivity contribution is 9.10. The van der Waals surface area contributed by atoms with E-state index in [2.05, 4.69) is 27.3 Å². The summed E-state index contributed by atoms with van der Waals surface area (Å²) in [5, 5.41) is 11.9. The first-order chi connectivity index (χ1) is 11.9. The predicted molar refractivity (Wildman–Crippen MR) is 100 cm³/mol. The van der Waals surface area contributed by atoms with Gasteiger partial charge in [-0.15, -0.1) is 0 Å². The normalized spacial score (nSPS) is 10.0. The molecule has 0 aliphatic rings. The van der Waals surface area contributed by atoms with Crippen LogP contribution in [0.2, 0.25) is 0 Å². The number of nitrogens with zero attached hydrogens (tertiary/aromatic N) is 1. The Labute approximate surface area is 155 Å². The van der Waals surface area contributed by atoms with E-state index in [9.17, 15) is 4.79 Å². The molecule has 0 aliphatic heterocycles. The summed E-state index contributed by atoms with van der Waals surface area (Å²) in [6.45, 7) is 6.03. The lowest BCUT2D eigenvalue weighted by Crippen LogP contribution is -2.21. The number of nitrogens with one attached hydrogen (secondary N) is 1. The summed E-state index contributed by atoms with van der Waals surface area (Å²) in [5.74, 6) is 0.551. The first-order valence-electron chi connectivity index (χ1n) is 7.81. The number of carbonyl (C=O) groups is 1. The molecule has 1 amide bonds. The number of halogens is 1. The number of hydrogen-bond acceptors (Lipinski definition) is 4. The highest BCUT2D eigenvalue weighted by Gasteiger charge is 2.14. The third-order valence-electron chi connectivity index (χ3n) is 3.44. The van der Waals surface area contributed by atoms with Crippen molar-refractivity contribution < 1.29 is 14.3 Å². The van der Waals surface area contributed by atoms with Gasteiger partial charge >= 0.3 is 0 Å². The first-order valence-corrected chi connectivity index (χ1v) is 8.60. The Morgan fingerprint density at radius 1 is 1.24 bits per heavy atom. The summed E-state index contributed by atoms with van der Waals surface area (Å²) in [5.41, 5.74) is 3.32. The number of anilines is 1. The fourth-order valence-electron chi connectivity index (χ4n) is 2.31. The second-order valence-corrected chi connectivity index (χ2v) is 6.34. The van der Waals surface area contributed by atoms with Crippen molar-refractivity contribution in [2.75, 3.05) is 18.5 Å². The molecule has 2 rings (SSSR count). The highest BCUT2D eigenvalue weighted by atomic mass is 79.9. The van der Waals surface area contributed by atoms with Gasteiger partial charge in [0.05, 0.1) is 22.7 Å². The summed E-state index contributed by atoms with van der Waals surface area (Å²) < 4.78 is 11.7. The molecule has 0 aliphatic carbocycles. The van der Waals surface area contributed by atoms with Crippen LogP contribution >= 0.6 is 15.9 Å². The number of amides is 1. The molecule has 2 aromatic carbocycles. The minimum atomic E-state index is -0.273. The van der Waals surface area contributed by atoms with Crippen LogP contribution in [0, 0.1) is 25.2 Å². The summed E-state index contributed by atoms with van der Waals surface area (Å²) >= 11 is 3.36. The van der Waals surface area contributed by atoms with Crippen molar-refractivity contribution in [3.63, 3.8) is 0 Å². The molecule has 0 saturated carbocycles. The van der Waals surface area contributed by atoms with E-state index in [1.54, 1.807) is 12.1 Å². The molecular weight excluding hydrogens is 384 g/mol. The Morgan fingerprint density at radius 3 is 2.64 bits per heavy atom. The number of hydrogen-bond donors (Lipinski definition) is 1. The lowest BCUT2D eigenvalue weighted by molar-refractivity contribution is -0.118. The van der Waals surface area contributed by atoms with Crippen LogP contribution in [0.5, 0.6) is 11.5 Å². The number of aryl methyl sites for hydroxylation is 2. The van der Waals surface area contributed by atoms with Gasteiger partial charge in [0.1, 0.15) is 0 Å². The summed E-state index contributed by atoms with van der Waals surface area (Å²) in [6.07, 6.45) is 0. The van der Waals surface area contributed by atoms with Crippen molar-refractivity contribution in [2.45, 2.75) is 20.8 Å². The standard InChI is InChI=1S/C19H19BrN2O3/c1-4-24-17-9-14(10-21)8-15(20)19(17)25-11-18(23)22-16-6-5-12(2)7-13(16)3/h5-9H,4,11H2,1-3H3,(H,22,23). The average Bonchev–Trinajstić information content (AvgIpc) is 2.56. The van der Waals surface area contributed by atoms with E-state index in [0.29, 0.717) is 28.1 Å². The predicted octanol–water partition coefficient (Wildman–Crippen LogP) is 4.35. The highest BCUT2D eigenvalue weighted by Crippen LogP contribution is 2.36. The molecule has 6 heteroatoms. The lowest BCUT2D eigenvalue weighted by atomic mass is 10.1. The van der Waals surface area contributed by atoms with Crippen LogP contribution in [0.3, 0.4) is 0 Å². The van der Waals surface area contributed by atoms with E-state index < -0.39 is 0 Å². The zero-order valence-corrected chi connectivity index (χ0v) is 15.9. The second kappa shape index (κ2) is 8.54.